The number of rotatable bonds is 2. The van der Waals surface area contributed by atoms with Crippen LogP contribution in [0, 0.1) is 0 Å². The van der Waals surface area contributed by atoms with Crippen LogP contribution in [0.5, 0.6) is 0 Å². The SMILES string of the molecule is CN(C(=O)c1ccco1)c1ccc2c(c1)nc1n2CCOC1. The lowest BCUT2D eigenvalue weighted by atomic mass is 10.2. The van der Waals surface area contributed by atoms with Crippen LogP contribution in [0.4, 0.5) is 5.69 Å². The Bertz CT molecular complexity index is 836. The Hall–Kier alpha value is -2.60. The summed E-state index contributed by atoms with van der Waals surface area (Å²) in [6, 6.07) is 9.20. The van der Waals surface area contributed by atoms with Gasteiger partial charge in [-0.05, 0) is 30.3 Å². The van der Waals surface area contributed by atoms with Gasteiger partial charge in [-0.1, -0.05) is 0 Å². The Kier molecular flexibility index (Phi) is 2.97. The third-order valence-corrected chi connectivity index (χ3v) is 3.93. The van der Waals surface area contributed by atoms with Crippen molar-refractivity contribution in [1.29, 1.82) is 0 Å². The van der Waals surface area contributed by atoms with Gasteiger partial charge in [0.15, 0.2) is 5.76 Å². The molecule has 0 aliphatic carbocycles. The number of imidazole rings is 1. The number of aromatic nitrogens is 2. The summed E-state index contributed by atoms with van der Waals surface area (Å²) < 4.78 is 12.8. The molecular formula is C16H15N3O3. The number of hydrogen-bond donors (Lipinski definition) is 0. The third-order valence-electron chi connectivity index (χ3n) is 3.93. The molecule has 3 aromatic rings. The zero-order valence-electron chi connectivity index (χ0n) is 12.2. The summed E-state index contributed by atoms with van der Waals surface area (Å²) in [5.74, 6) is 1.07. The van der Waals surface area contributed by atoms with Crippen LogP contribution in [-0.4, -0.2) is 29.1 Å². The second kappa shape index (κ2) is 4.99. The molecule has 22 heavy (non-hydrogen) atoms. The zero-order chi connectivity index (χ0) is 15.1. The van der Waals surface area contributed by atoms with Gasteiger partial charge < -0.3 is 18.6 Å². The lowest BCUT2D eigenvalue weighted by Gasteiger charge is -2.16. The molecule has 2 aromatic heterocycles. The topological polar surface area (TPSA) is 60.5 Å². The highest BCUT2D eigenvalue weighted by molar-refractivity contribution is 6.04. The molecular weight excluding hydrogens is 282 g/mol. The normalized spacial score (nSPS) is 14.0. The van der Waals surface area contributed by atoms with Crippen molar-refractivity contribution in [1.82, 2.24) is 9.55 Å². The Morgan fingerprint density at radius 2 is 2.27 bits per heavy atom. The fourth-order valence-electron chi connectivity index (χ4n) is 2.74. The smallest absolute Gasteiger partial charge is 0.293 e. The van der Waals surface area contributed by atoms with Crippen molar-refractivity contribution in [3.8, 4) is 0 Å². The van der Waals surface area contributed by atoms with Crippen LogP contribution >= 0.6 is 0 Å². The number of furan rings is 1. The van der Waals surface area contributed by atoms with Crippen LogP contribution in [0.25, 0.3) is 11.0 Å². The number of anilines is 1. The maximum Gasteiger partial charge on any atom is 0.293 e. The lowest BCUT2D eigenvalue weighted by molar-refractivity contribution is 0.0830. The fraction of sp³-hybridized carbons (Fsp3) is 0.250. The van der Waals surface area contributed by atoms with Crippen molar-refractivity contribution < 1.29 is 13.9 Å². The highest BCUT2D eigenvalue weighted by atomic mass is 16.5. The first kappa shape index (κ1) is 13.1. The monoisotopic (exact) mass is 297 g/mol. The molecule has 6 heteroatoms. The van der Waals surface area contributed by atoms with Gasteiger partial charge in [-0.25, -0.2) is 4.98 Å². The maximum atomic E-state index is 12.3. The second-order valence-corrected chi connectivity index (χ2v) is 5.25. The molecule has 0 saturated heterocycles. The molecule has 1 aliphatic rings. The third kappa shape index (κ3) is 2.00. The highest BCUT2D eigenvalue weighted by Gasteiger charge is 2.19. The van der Waals surface area contributed by atoms with Crippen LogP contribution < -0.4 is 4.90 Å². The average molecular weight is 297 g/mol. The van der Waals surface area contributed by atoms with Crippen LogP contribution in [-0.2, 0) is 17.9 Å². The minimum absolute atomic E-state index is 0.184. The van der Waals surface area contributed by atoms with E-state index in [4.69, 9.17) is 9.15 Å². The number of hydrogen-bond acceptors (Lipinski definition) is 4. The van der Waals surface area contributed by atoms with Gasteiger partial charge in [0.2, 0.25) is 0 Å². The molecule has 0 spiro atoms. The van der Waals surface area contributed by atoms with Gasteiger partial charge in [-0.2, -0.15) is 0 Å². The number of benzene rings is 1. The van der Waals surface area contributed by atoms with Crippen LogP contribution in [0.2, 0.25) is 0 Å². The number of nitrogens with zero attached hydrogens (tertiary/aromatic N) is 3. The molecule has 0 saturated carbocycles. The van der Waals surface area contributed by atoms with Gasteiger partial charge in [-0.15, -0.1) is 0 Å². The molecule has 1 aliphatic heterocycles. The molecule has 1 aromatic carbocycles. The maximum absolute atomic E-state index is 12.3. The molecule has 0 radical (unpaired) electrons. The van der Waals surface area contributed by atoms with Crippen LogP contribution in [0.3, 0.4) is 0 Å². The average Bonchev–Trinajstić information content (AvgIpc) is 3.20. The molecule has 6 nitrogen and oxygen atoms in total. The van der Waals surface area contributed by atoms with Gasteiger partial charge in [0.1, 0.15) is 12.4 Å². The predicted molar refractivity (Wildman–Crippen MR) is 80.8 cm³/mol. The predicted octanol–water partition coefficient (Wildman–Crippen LogP) is 2.44. The molecule has 0 unspecified atom stereocenters. The van der Waals surface area contributed by atoms with E-state index < -0.39 is 0 Å². The van der Waals surface area contributed by atoms with Gasteiger partial charge in [0.05, 0.1) is 23.9 Å². The largest absolute Gasteiger partial charge is 0.459 e. The van der Waals surface area contributed by atoms with Gasteiger partial charge in [0.25, 0.3) is 5.91 Å². The number of fused-ring (bicyclic) bond motifs is 3. The van der Waals surface area contributed by atoms with E-state index in [9.17, 15) is 4.79 Å². The Labute approximate surface area is 126 Å². The summed E-state index contributed by atoms with van der Waals surface area (Å²) in [4.78, 5) is 18.5. The van der Waals surface area contributed by atoms with Crippen molar-refractivity contribution >= 4 is 22.6 Å². The Balaban J connectivity index is 1.72. The summed E-state index contributed by atoms with van der Waals surface area (Å²) >= 11 is 0. The van der Waals surface area contributed by atoms with Crippen molar-refractivity contribution in [2.45, 2.75) is 13.2 Å². The van der Waals surface area contributed by atoms with Gasteiger partial charge in [-0.3, -0.25) is 4.79 Å². The first-order valence-corrected chi connectivity index (χ1v) is 7.12. The van der Waals surface area contributed by atoms with Crippen LogP contribution in [0.15, 0.2) is 41.0 Å². The quantitative estimate of drug-likeness (QED) is 0.729. The van der Waals surface area contributed by atoms with Crippen LogP contribution in [0.1, 0.15) is 16.4 Å². The fourth-order valence-corrected chi connectivity index (χ4v) is 2.74. The number of ether oxygens (including phenoxy) is 1. The van der Waals surface area contributed by atoms with Gasteiger partial charge >= 0.3 is 0 Å². The van der Waals surface area contributed by atoms with E-state index >= 15 is 0 Å². The minimum atomic E-state index is -0.184. The van der Waals surface area contributed by atoms with E-state index in [1.54, 1.807) is 24.1 Å². The molecule has 0 bridgehead atoms. The number of carbonyl (C=O) groups excluding carboxylic acids is 1. The van der Waals surface area contributed by atoms with E-state index in [0.717, 1.165) is 29.1 Å². The highest BCUT2D eigenvalue weighted by Crippen LogP contribution is 2.25. The number of carbonyl (C=O) groups is 1. The van der Waals surface area contributed by atoms with Gasteiger partial charge in [0, 0.05) is 19.3 Å². The van der Waals surface area contributed by atoms with E-state index in [0.29, 0.717) is 19.0 Å². The Morgan fingerprint density at radius 3 is 3.09 bits per heavy atom. The first-order chi connectivity index (χ1) is 10.7. The van der Waals surface area contributed by atoms with Crippen molar-refractivity contribution in [2.75, 3.05) is 18.6 Å². The molecule has 1 amide bonds. The summed E-state index contributed by atoms with van der Waals surface area (Å²) in [5, 5.41) is 0. The van der Waals surface area contributed by atoms with Crippen molar-refractivity contribution in [3.05, 3.63) is 48.2 Å². The summed E-state index contributed by atoms with van der Waals surface area (Å²) in [7, 11) is 1.73. The zero-order valence-corrected chi connectivity index (χ0v) is 12.2. The first-order valence-electron chi connectivity index (χ1n) is 7.12. The molecule has 3 heterocycles. The molecule has 0 N–H and O–H groups in total. The molecule has 4 rings (SSSR count). The van der Waals surface area contributed by atoms with Crippen molar-refractivity contribution in [3.63, 3.8) is 0 Å². The lowest BCUT2D eigenvalue weighted by Crippen LogP contribution is -2.25. The molecule has 0 fully saturated rings. The summed E-state index contributed by atoms with van der Waals surface area (Å²) in [6.45, 7) is 2.05. The minimum Gasteiger partial charge on any atom is -0.459 e. The van der Waals surface area contributed by atoms with E-state index in [1.165, 1.54) is 6.26 Å². The van der Waals surface area contributed by atoms with E-state index in [2.05, 4.69) is 9.55 Å². The second-order valence-electron chi connectivity index (χ2n) is 5.25. The van der Waals surface area contributed by atoms with Crippen molar-refractivity contribution in [2.24, 2.45) is 0 Å². The number of amides is 1. The Morgan fingerprint density at radius 1 is 1.36 bits per heavy atom. The summed E-state index contributed by atoms with van der Waals surface area (Å²) in [6.07, 6.45) is 1.49. The summed E-state index contributed by atoms with van der Waals surface area (Å²) in [5.41, 5.74) is 2.73. The van der Waals surface area contributed by atoms with E-state index in [1.807, 2.05) is 18.2 Å². The molecule has 112 valence electrons. The van der Waals surface area contributed by atoms with E-state index in [-0.39, 0.29) is 5.91 Å². The molecule has 0 atom stereocenters. The standard InChI is InChI=1S/C16H15N3O3/c1-18(16(20)14-3-2-7-22-14)11-4-5-13-12(9-11)17-15-10-21-8-6-19(13)15/h2-5,7,9H,6,8,10H2,1H3.